The first-order valence-electron chi connectivity index (χ1n) is 9.28. The lowest BCUT2D eigenvalue weighted by Gasteiger charge is -2.10. The molecule has 0 fully saturated rings. The second-order valence-electron chi connectivity index (χ2n) is 6.80. The zero-order valence-corrected chi connectivity index (χ0v) is 18.3. The number of anilines is 1. The number of esters is 1. The van der Waals surface area contributed by atoms with E-state index in [1.54, 1.807) is 25.1 Å². The van der Waals surface area contributed by atoms with Gasteiger partial charge in [-0.15, -0.1) is 11.3 Å². The summed E-state index contributed by atoms with van der Waals surface area (Å²) in [6, 6.07) is 11.0. The molecule has 3 aromatic rings. The van der Waals surface area contributed by atoms with Crippen molar-refractivity contribution in [1.29, 1.82) is 5.26 Å². The Balaban J connectivity index is 1.92. The summed E-state index contributed by atoms with van der Waals surface area (Å²) in [5.74, 6) is -1.16. The predicted octanol–water partition coefficient (Wildman–Crippen LogP) is 3.70. The van der Waals surface area contributed by atoms with Gasteiger partial charge in [-0.05, 0) is 51.1 Å². The van der Waals surface area contributed by atoms with Crippen LogP contribution in [0.1, 0.15) is 28.7 Å². The summed E-state index contributed by atoms with van der Waals surface area (Å²) in [5, 5.41) is 14.5. The molecule has 0 aliphatic rings. The highest BCUT2D eigenvalue weighted by Crippen LogP contribution is 2.32. The number of nitrogens with two attached hydrogens (primary N) is 1. The van der Waals surface area contributed by atoms with E-state index in [0.717, 1.165) is 28.3 Å². The predicted molar refractivity (Wildman–Crippen MR) is 119 cm³/mol. The van der Waals surface area contributed by atoms with E-state index in [9.17, 15) is 9.59 Å². The summed E-state index contributed by atoms with van der Waals surface area (Å²) in [4.78, 5) is 27.6. The number of rotatable bonds is 6. The van der Waals surface area contributed by atoms with Crippen LogP contribution in [0.5, 0.6) is 0 Å². The maximum atomic E-state index is 11.7. The SMILES string of the molecule is COC(=O)c1ccc(-n2c(C)cc(-c3csc(NC(C)=C(C#N)C(N)=O)n3)c2C)cc1. The molecule has 1 aromatic carbocycles. The van der Waals surface area contributed by atoms with Gasteiger partial charge in [-0.3, -0.25) is 4.79 Å². The van der Waals surface area contributed by atoms with Crippen molar-refractivity contribution in [3.8, 4) is 23.0 Å². The minimum Gasteiger partial charge on any atom is -0.465 e. The van der Waals surface area contributed by atoms with Gasteiger partial charge in [0.25, 0.3) is 5.91 Å². The van der Waals surface area contributed by atoms with Crippen LogP contribution in [0, 0.1) is 25.2 Å². The fourth-order valence-electron chi connectivity index (χ4n) is 3.29. The van der Waals surface area contributed by atoms with Crippen LogP contribution < -0.4 is 11.1 Å². The van der Waals surface area contributed by atoms with Crippen molar-refractivity contribution in [2.45, 2.75) is 20.8 Å². The highest BCUT2D eigenvalue weighted by molar-refractivity contribution is 7.14. The lowest BCUT2D eigenvalue weighted by molar-refractivity contribution is -0.114. The van der Waals surface area contributed by atoms with Crippen molar-refractivity contribution in [3.05, 3.63) is 63.9 Å². The number of aryl methyl sites for hydroxylation is 1. The minimum atomic E-state index is -0.786. The van der Waals surface area contributed by atoms with Gasteiger partial charge in [0.15, 0.2) is 5.13 Å². The van der Waals surface area contributed by atoms with E-state index < -0.39 is 5.91 Å². The Morgan fingerprint density at radius 2 is 1.94 bits per heavy atom. The number of amides is 1. The summed E-state index contributed by atoms with van der Waals surface area (Å²) in [5.41, 5.74) is 10.6. The zero-order valence-electron chi connectivity index (χ0n) is 17.5. The van der Waals surface area contributed by atoms with Crippen LogP contribution in [0.4, 0.5) is 5.13 Å². The smallest absolute Gasteiger partial charge is 0.337 e. The van der Waals surface area contributed by atoms with Crippen molar-refractivity contribution in [3.63, 3.8) is 0 Å². The van der Waals surface area contributed by atoms with E-state index in [1.165, 1.54) is 18.4 Å². The molecule has 3 N–H and O–H groups in total. The van der Waals surface area contributed by atoms with E-state index in [2.05, 4.69) is 14.9 Å². The number of primary amides is 1. The number of thiazole rings is 1. The van der Waals surface area contributed by atoms with Crippen LogP contribution >= 0.6 is 11.3 Å². The number of hydrogen-bond acceptors (Lipinski definition) is 7. The molecule has 0 saturated carbocycles. The Morgan fingerprint density at radius 3 is 2.52 bits per heavy atom. The molecular weight excluding hydrogens is 414 g/mol. The largest absolute Gasteiger partial charge is 0.465 e. The number of hydrogen-bond donors (Lipinski definition) is 2. The Kier molecular flexibility index (Phi) is 6.22. The van der Waals surface area contributed by atoms with Crippen molar-refractivity contribution in [1.82, 2.24) is 9.55 Å². The van der Waals surface area contributed by atoms with E-state index in [4.69, 9.17) is 15.7 Å². The minimum absolute atomic E-state index is 0.134. The molecule has 3 rings (SSSR count). The highest BCUT2D eigenvalue weighted by atomic mass is 32.1. The number of allylic oxidation sites excluding steroid dienone is 1. The number of methoxy groups -OCH3 is 1. The molecule has 0 spiro atoms. The molecule has 0 bridgehead atoms. The molecular formula is C22H21N5O3S. The molecule has 0 aliphatic carbocycles. The van der Waals surface area contributed by atoms with Crippen LogP contribution in [0.3, 0.4) is 0 Å². The summed E-state index contributed by atoms with van der Waals surface area (Å²) < 4.78 is 6.83. The van der Waals surface area contributed by atoms with Crippen LogP contribution in [0.15, 0.2) is 47.0 Å². The second-order valence-corrected chi connectivity index (χ2v) is 7.66. The van der Waals surface area contributed by atoms with Crippen molar-refractivity contribution < 1.29 is 14.3 Å². The number of aromatic nitrogens is 2. The quantitative estimate of drug-likeness (QED) is 0.346. The lowest BCUT2D eigenvalue weighted by atomic mass is 10.2. The molecule has 8 nitrogen and oxygen atoms in total. The fraction of sp³-hybridized carbons (Fsp3) is 0.182. The topological polar surface area (TPSA) is 123 Å². The van der Waals surface area contributed by atoms with Gasteiger partial charge in [-0.2, -0.15) is 5.26 Å². The van der Waals surface area contributed by atoms with E-state index in [1.807, 2.05) is 37.4 Å². The first-order valence-corrected chi connectivity index (χ1v) is 10.2. The first-order chi connectivity index (χ1) is 14.8. The number of carbonyl (C=O) groups is 2. The first kappa shape index (κ1) is 21.8. The summed E-state index contributed by atoms with van der Waals surface area (Å²) >= 11 is 1.36. The molecule has 158 valence electrons. The maximum absolute atomic E-state index is 11.7. The van der Waals surface area contributed by atoms with Gasteiger partial charge in [-0.1, -0.05) is 0 Å². The molecule has 2 aromatic heterocycles. The van der Waals surface area contributed by atoms with Crippen LogP contribution in [-0.2, 0) is 9.53 Å². The van der Waals surface area contributed by atoms with Crippen molar-refractivity contribution in [2.75, 3.05) is 12.4 Å². The van der Waals surface area contributed by atoms with Crippen molar-refractivity contribution >= 4 is 28.3 Å². The van der Waals surface area contributed by atoms with E-state index >= 15 is 0 Å². The third-order valence-corrected chi connectivity index (χ3v) is 5.54. The number of nitrogens with one attached hydrogen (secondary N) is 1. The number of nitrogens with zero attached hydrogens (tertiary/aromatic N) is 3. The molecule has 1 amide bonds. The van der Waals surface area contributed by atoms with E-state index in [-0.39, 0.29) is 11.5 Å². The van der Waals surface area contributed by atoms with Gasteiger partial charge in [-0.25, -0.2) is 9.78 Å². The standard InChI is InChI=1S/C22H21N5O3S/c1-12-9-17(14(3)27(12)16-7-5-15(6-8-16)21(29)30-4)19-11-31-22(26-19)25-13(2)18(10-23)20(24)28/h5-9,11H,1-4H3,(H2,24,28)(H,25,26). The normalized spacial score (nSPS) is 11.5. The van der Waals surface area contributed by atoms with Gasteiger partial charge in [0.1, 0.15) is 11.6 Å². The number of carbonyl (C=O) groups excluding carboxylic acids is 2. The third kappa shape index (κ3) is 4.34. The second kappa shape index (κ2) is 8.85. The fourth-order valence-corrected chi connectivity index (χ4v) is 4.05. The monoisotopic (exact) mass is 435 g/mol. The summed E-state index contributed by atoms with van der Waals surface area (Å²) in [6.07, 6.45) is 0. The van der Waals surface area contributed by atoms with Crippen LogP contribution in [0.25, 0.3) is 16.9 Å². The van der Waals surface area contributed by atoms with Gasteiger partial charge >= 0.3 is 5.97 Å². The zero-order chi connectivity index (χ0) is 22.7. The Morgan fingerprint density at radius 1 is 1.26 bits per heavy atom. The van der Waals surface area contributed by atoms with Gasteiger partial charge in [0.05, 0.1) is 18.4 Å². The molecule has 0 unspecified atom stereocenters. The van der Waals surface area contributed by atoms with Crippen LogP contribution in [0.2, 0.25) is 0 Å². The molecule has 0 atom stereocenters. The third-order valence-electron chi connectivity index (χ3n) is 4.79. The van der Waals surface area contributed by atoms with Crippen molar-refractivity contribution in [2.24, 2.45) is 5.73 Å². The number of ether oxygens (including phenoxy) is 1. The molecule has 31 heavy (non-hydrogen) atoms. The molecule has 2 heterocycles. The number of benzene rings is 1. The number of nitriles is 1. The van der Waals surface area contributed by atoms with Gasteiger partial charge in [0.2, 0.25) is 0 Å². The average Bonchev–Trinajstić information content (AvgIpc) is 3.31. The molecule has 0 radical (unpaired) electrons. The van der Waals surface area contributed by atoms with Gasteiger partial charge in [0, 0.05) is 33.7 Å². The maximum Gasteiger partial charge on any atom is 0.337 e. The molecule has 0 saturated heterocycles. The summed E-state index contributed by atoms with van der Waals surface area (Å²) in [7, 11) is 1.35. The molecule has 0 aliphatic heterocycles. The van der Waals surface area contributed by atoms with Crippen LogP contribution in [-0.4, -0.2) is 28.5 Å². The summed E-state index contributed by atoms with van der Waals surface area (Å²) in [6.45, 7) is 5.60. The Labute approximate surface area is 183 Å². The van der Waals surface area contributed by atoms with E-state index in [0.29, 0.717) is 16.4 Å². The molecule has 9 heteroatoms. The average molecular weight is 436 g/mol. The Hall–Kier alpha value is -3.90. The lowest BCUT2D eigenvalue weighted by Crippen LogP contribution is -2.16. The highest BCUT2D eigenvalue weighted by Gasteiger charge is 2.16. The van der Waals surface area contributed by atoms with Gasteiger partial charge < -0.3 is 20.4 Å². The Bertz CT molecular complexity index is 1230.